The van der Waals surface area contributed by atoms with Gasteiger partial charge >= 0.3 is 0 Å². The fourth-order valence-electron chi connectivity index (χ4n) is 4.82. The minimum Gasteiger partial charge on any atom is -0.379 e. The van der Waals surface area contributed by atoms with Crippen molar-refractivity contribution in [1.29, 1.82) is 0 Å². The third-order valence-corrected chi connectivity index (χ3v) is 6.78. The summed E-state index contributed by atoms with van der Waals surface area (Å²) in [6, 6.07) is 3.17. The molecule has 3 heterocycles. The molecule has 30 heavy (non-hydrogen) atoms. The largest absolute Gasteiger partial charge is 0.379 e. The zero-order valence-corrected chi connectivity index (χ0v) is 17.7. The lowest BCUT2D eigenvalue weighted by atomic mass is 9.92. The number of anilines is 1. The van der Waals surface area contributed by atoms with E-state index in [0.29, 0.717) is 18.1 Å². The fraction of sp³-hybridized carbons (Fsp3) is 0.652. The predicted molar refractivity (Wildman–Crippen MR) is 118 cm³/mol. The normalized spacial score (nSPS) is 29.6. The number of allylic oxidation sites excluding steroid dienone is 3. The van der Waals surface area contributed by atoms with E-state index in [1.807, 2.05) is 18.5 Å². The van der Waals surface area contributed by atoms with Gasteiger partial charge in [-0.2, -0.15) is 0 Å². The quantitative estimate of drug-likeness (QED) is 0.664. The SMILES string of the molecule is NC1CCC(Nc2nccc(C3=C(CC4CC4)N(C4CCCOC4)NC=C3)n2)CC1. The van der Waals surface area contributed by atoms with E-state index in [1.54, 1.807) is 0 Å². The molecule has 2 aliphatic heterocycles. The van der Waals surface area contributed by atoms with Crippen LogP contribution in [0.25, 0.3) is 5.57 Å². The van der Waals surface area contributed by atoms with Crippen molar-refractivity contribution in [2.75, 3.05) is 18.5 Å². The van der Waals surface area contributed by atoms with Gasteiger partial charge in [-0.3, -0.25) is 5.01 Å². The molecule has 1 unspecified atom stereocenters. The molecule has 1 aromatic rings. The first kappa shape index (κ1) is 19.8. The van der Waals surface area contributed by atoms with E-state index < -0.39 is 0 Å². The van der Waals surface area contributed by atoms with Crippen LogP contribution in [0.2, 0.25) is 0 Å². The van der Waals surface area contributed by atoms with Crippen LogP contribution in [-0.2, 0) is 4.74 Å². The molecule has 7 nitrogen and oxygen atoms in total. The Morgan fingerprint density at radius 2 is 2.03 bits per heavy atom. The van der Waals surface area contributed by atoms with Gasteiger partial charge in [0, 0.05) is 42.4 Å². The molecule has 0 amide bonds. The highest BCUT2D eigenvalue weighted by Crippen LogP contribution is 2.40. The van der Waals surface area contributed by atoms with E-state index in [1.165, 1.54) is 24.1 Å². The van der Waals surface area contributed by atoms with Crippen LogP contribution in [-0.4, -0.2) is 46.3 Å². The first-order valence-electron chi connectivity index (χ1n) is 11.6. The van der Waals surface area contributed by atoms with E-state index in [9.17, 15) is 0 Å². The second kappa shape index (κ2) is 8.94. The Hall–Kier alpha value is -2.12. The Bertz CT molecular complexity index is 791. The van der Waals surface area contributed by atoms with Crippen molar-refractivity contribution in [1.82, 2.24) is 20.4 Å². The van der Waals surface area contributed by atoms with Gasteiger partial charge in [0.2, 0.25) is 5.95 Å². The molecule has 1 aromatic heterocycles. The lowest BCUT2D eigenvalue weighted by Crippen LogP contribution is -2.48. The average Bonchev–Trinajstić information content (AvgIpc) is 3.60. The molecule has 7 heteroatoms. The molecule has 3 fully saturated rings. The number of rotatable bonds is 6. The minimum atomic E-state index is 0.347. The molecule has 0 spiro atoms. The first-order valence-corrected chi connectivity index (χ1v) is 11.6. The van der Waals surface area contributed by atoms with Crippen LogP contribution in [0, 0.1) is 5.92 Å². The van der Waals surface area contributed by atoms with Crippen molar-refractivity contribution in [2.24, 2.45) is 11.7 Å². The second-order valence-electron chi connectivity index (χ2n) is 9.23. The van der Waals surface area contributed by atoms with Gasteiger partial charge in [0.1, 0.15) is 0 Å². The fourth-order valence-corrected chi connectivity index (χ4v) is 4.82. The Morgan fingerprint density at radius 3 is 2.80 bits per heavy atom. The van der Waals surface area contributed by atoms with Crippen LogP contribution >= 0.6 is 0 Å². The number of hydrogen-bond donors (Lipinski definition) is 3. The molecule has 4 N–H and O–H groups in total. The summed E-state index contributed by atoms with van der Waals surface area (Å²) < 4.78 is 5.78. The van der Waals surface area contributed by atoms with Crippen LogP contribution in [0.3, 0.4) is 0 Å². The van der Waals surface area contributed by atoms with Gasteiger partial charge in [0.05, 0.1) is 18.3 Å². The Balaban J connectivity index is 1.39. The van der Waals surface area contributed by atoms with Crippen LogP contribution < -0.4 is 16.5 Å². The highest BCUT2D eigenvalue weighted by Gasteiger charge is 2.32. The monoisotopic (exact) mass is 410 g/mol. The molecule has 1 saturated heterocycles. The molecule has 1 atom stereocenters. The lowest BCUT2D eigenvalue weighted by Gasteiger charge is -2.39. The maximum absolute atomic E-state index is 6.05. The molecule has 2 aliphatic carbocycles. The molecule has 4 aliphatic rings. The third kappa shape index (κ3) is 4.62. The van der Waals surface area contributed by atoms with Crippen LogP contribution in [0.1, 0.15) is 63.5 Å². The van der Waals surface area contributed by atoms with Gasteiger partial charge in [0.25, 0.3) is 0 Å². The van der Waals surface area contributed by atoms with Crippen LogP contribution in [0.4, 0.5) is 5.95 Å². The number of nitrogens with two attached hydrogens (primary N) is 1. The highest BCUT2D eigenvalue weighted by atomic mass is 16.5. The molecule has 162 valence electrons. The van der Waals surface area contributed by atoms with Gasteiger partial charge in [-0.05, 0) is 75.8 Å². The number of hydrogen-bond acceptors (Lipinski definition) is 7. The predicted octanol–water partition coefficient (Wildman–Crippen LogP) is 3.18. The number of nitrogens with zero attached hydrogens (tertiary/aromatic N) is 3. The number of aromatic nitrogens is 2. The van der Waals surface area contributed by atoms with Crippen LogP contribution in [0.5, 0.6) is 0 Å². The van der Waals surface area contributed by atoms with Crippen molar-refractivity contribution in [3.63, 3.8) is 0 Å². The summed E-state index contributed by atoms with van der Waals surface area (Å²) in [5, 5.41) is 5.90. The maximum Gasteiger partial charge on any atom is 0.223 e. The molecular weight excluding hydrogens is 376 g/mol. The van der Waals surface area contributed by atoms with Gasteiger partial charge < -0.3 is 21.2 Å². The number of hydrazine groups is 1. The molecule has 0 aromatic carbocycles. The number of nitrogens with one attached hydrogen (secondary N) is 2. The first-order chi connectivity index (χ1) is 14.8. The lowest BCUT2D eigenvalue weighted by molar-refractivity contribution is 0.0167. The zero-order chi connectivity index (χ0) is 20.3. The van der Waals surface area contributed by atoms with E-state index in [0.717, 1.165) is 75.7 Å². The topological polar surface area (TPSA) is 88.3 Å². The molecule has 0 radical (unpaired) electrons. The summed E-state index contributed by atoms with van der Waals surface area (Å²) in [5.41, 5.74) is 13.1. The molecule has 0 bridgehead atoms. The minimum absolute atomic E-state index is 0.347. The van der Waals surface area contributed by atoms with Gasteiger partial charge in [-0.15, -0.1) is 0 Å². The van der Waals surface area contributed by atoms with Gasteiger partial charge in [-0.1, -0.05) is 0 Å². The van der Waals surface area contributed by atoms with E-state index in [4.69, 9.17) is 15.5 Å². The standard InChI is InChI=1S/C23H34N6O/c24-17-5-7-18(8-6-17)27-23-25-11-10-21(28-23)20-9-12-26-29(19-2-1-13-30-15-19)22(20)14-16-3-4-16/h9-12,16-19,26H,1-8,13-15,24H2,(H,25,27,28). The molecular formula is C23H34N6O. The van der Waals surface area contributed by atoms with Crippen molar-refractivity contribution >= 4 is 11.5 Å². The van der Waals surface area contributed by atoms with E-state index in [2.05, 4.69) is 26.8 Å². The van der Waals surface area contributed by atoms with Crippen molar-refractivity contribution in [2.45, 2.75) is 75.9 Å². The summed E-state index contributed by atoms with van der Waals surface area (Å²) in [5.74, 6) is 1.52. The third-order valence-electron chi connectivity index (χ3n) is 6.78. The Kier molecular flexibility index (Phi) is 5.91. The van der Waals surface area contributed by atoms with Gasteiger partial charge in [-0.25, -0.2) is 9.97 Å². The highest BCUT2D eigenvalue weighted by molar-refractivity contribution is 5.75. The Labute approximate surface area is 179 Å². The molecule has 2 saturated carbocycles. The summed E-state index contributed by atoms with van der Waals surface area (Å²) in [4.78, 5) is 9.42. The summed E-state index contributed by atoms with van der Waals surface area (Å²) >= 11 is 0. The zero-order valence-electron chi connectivity index (χ0n) is 17.7. The maximum atomic E-state index is 6.05. The van der Waals surface area contributed by atoms with Crippen LogP contribution in [0.15, 0.2) is 30.2 Å². The summed E-state index contributed by atoms with van der Waals surface area (Å²) in [6.45, 7) is 1.66. The van der Waals surface area contributed by atoms with E-state index in [-0.39, 0.29) is 0 Å². The Morgan fingerprint density at radius 1 is 1.17 bits per heavy atom. The molecule has 5 rings (SSSR count). The van der Waals surface area contributed by atoms with E-state index >= 15 is 0 Å². The smallest absolute Gasteiger partial charge is 0.223 e. The van der Waals surface area contributed by atoms with Crippen molar-refractivity contribution in [3.8, 4) is 0 Å². The van der Waals surface area contributed by atoms with Crippen molar-refractivity contribution in [3.05, 3.63) is 35.9 Å². The average molecular weight is 411 g/mol. The summed E-state index contributed by atoms with van der Waals surface area (Å²) in [7, 11) is 0. The summed E-state index contributed by atoms with van der Waals surface area (Å²) in [6.07, 6.45) is 16.4. The van der Waals surface area contributed by atoms with Crippen molar-refractivity contribution < 1.29 is 4.74 Å². The number of ether oxygens (including phenoxy) is 1. The van der Waals surface area contributed by atoms with Gasteiger partial charge in [0.15, 0.2) is 0 Å². The second-order valence-corrected chi connectivity index (χ2v) is 9.23.